The van der Waals surface area contributed by atoms with Crippen LogP contribution in [-0.4, -0.2) is 31.0 Å². The van der Waals surface area contributed by atoms with E-state index in [1.54, 1.807) is 0 Å². The van der Waals surface area contributed by atoms with Crippen molar-refractivity contribution in [2.75, 3.05) is 23.9 Å². The van der Waals surface area contributed by atoms with Crippen LogP contribution in [0.4, 0.5) is 11.6 Å². The molecule has 0 bridgehead atoms. The minimum absolute atomic E-state index is 0.0759. The van der Waals surface area contributed by atoms with Crippen LogP contribution in [0, 0.1) is 5.92 Å². The summed E-state index contributed by atoms with van der Waals surface area (Å²) in [6.07, 6.45) is 3.50. The summed E-state index contributed by atoms with van der Waals surface area (Å²) >= 11 is 0. The lowest BCUT2D eigenvalue weighted by atomic mass is 10.3. The van der Waals surface area contributed by atoms with E-state index in [0.717, 1.165) is 18.5 Å². The van der Waals surface area contributed by atoms with Crippen molar-refractivity contribution in [1.82, 2.24) is 9.78 Å². The monoisotopic (exact) mass is 306 g/mol. The Kier molecular flexibility index (Phi) is 3.36. The fourth-order valence-corrected chi connectivity index (χ4v) is 3.16. The van der Waals surface area contributed by atoms with Gasteiger partial charge in [-0.25, -0.2) is 13.1 Å². The predicted octanol–water partition coefficient (Wildman–Crippen LogP) is 1.68. The highest BCUT2D eigenvalue weighted by atomic mass is 32.2. The van der Waals surface area contributed by atoms with Crippen LogP contribution in [0.1, 0.15) is 12.8 Å². The maximum atomic E-state index is 12.0. The highest BCUT2D eigenvalue weighted by Crippen LogP contribution is 2.32. The number of nitrogen functional groups attached to an aromatic ring is 1. The lowest BCUT2D eigenvalue weighted by Crippen LogP contribution is -2.08. The van der Waals surface area contributed by atoms with Gasteiger partial charge < -0.3 is 11.1 Å². The number of nitrogens with one attached hydrogen (secondary N) is 1. The van der Waals surface area contributed by atoms with Crippen LogP contribution in [0.25, 0.3) is 5.69 Å². The average molecular weight is 306 g/mol. The Hall–Kier alpha value is -2.02. The SMILES string of the molecule is CS(=O)(=O)c1c(NCC2CC2)nn(-c2ccccc2)c1N. The van der Waals surface area contributed by atoms with Crippen LogP contribution in [0.15, 0.2) is 35.2 Å². The van der Waals surface area contributed by atoms with Gasteiger partial charge in [0, 0.05) is 12.8 Å². The summed E-state index contributed by atoms with van der Waals surface area (Å²) in [5.74, 6) is 1.09. The van der Waals surface area contributed by atoms with Gasteiger partial charge in [0.2, 0.25) is 0 Å². The van der Waals surface area contributed by atoms with Crippen molar-refractivity contribution in [1.29, 1.82) is 0 Å². The van der Waals surface area contributed by atoms with Gasteiger partial charge in [0.25, 0.3) is 0 Å². The summed E-state index contributed by atoms with van der Waals surface area (Å²) in [4.78, 5) is 0.0759. The number of nitrogens with zero attached hydrogens (tertiary/aromatic N) is 2. The Morgan fingerprint density at radius 1 is 1.33 bits per heavy atom. The zero-order chi connectivity index (χ0) is 15.0. The first-order valence-electron chi connectivity index (χ1n) is 6.84. The van der Waals surface area contributed by atoms with E-state index in [1.807, 2.05) is 30.3 Å². The van der Waals surface area contributed by atoms with Gasteiger partial charge >= 0.3 is 0 Å². The number of hydrogen-bond donors (Lipinski definition) is 2. The molecule has 21 heavy (non-hydrogen) atoms. The molecule has 7 heteroatoms. The molecule has 0 spiro atoms. The number of sulfone groups is 1. The van der Waals surface area contributed by atoms with Gasteiger partial charge in [0.1, 0.15) is 5.82 Å². The quantitative estimate of drug-likeness (QED) is 0.877. The van der Waals surface area contributed by atoms with Gasteiger partial charge in [-0.1, -0.05) is 18.2 Å². The van der Waals surface area contributed by atoms with Crippen LogP contribution < -0.4 is 11.1 Å². The van der Waals surface area contributed by atoms with E-state index in [9.17, 15) is 8.42 Å². The van der Waals surface area contributed by atoms with Crippen LogP contribution in [0.5, 0.6) is 0 Å². The smallest absolute Gasteiger partial charge is 0.182 e. The molecule has 2 aromatic rings. The van der Waals surface area contributed by atoms with E-state index in [-0.39, 0.29) is 10.7 Å². The summed E-state index contributed by atoms with van der Waals surface area (Å²) in [6.45, 7) is 0.730. The highest BCUT2D eigenvalue weighted by molar-refractivity contribution is 7.91. The Labute approximate surface area is 123 Å². The zero-order valence-electron chi connectivity index (χ0n) is 11.8. The molecule has 0 saturated heterocycles. The molecule has 0 atom stereocenters. The molecule has 1 aliphatic rings. The third-order valence-electron chi connectivity index (χ3n) is 3.50. The third-order valence-corrected chi connectivity index (χ3v) is 4.65. The van der Waals surface area contributed by atoms with E-state index in [2.05, 4.69) is 10.4 Å². The summed E-state index contributed by atoms with van der Waals surface area (Å²) in [7, 11) is -3.45. The predicted molar refractivity (Wildman–Crippen MR) is 82.3 cm³/mol. The number of rotatable bonds is 5. The fraction of sp³-hybridized carbons (Fsp3) is 0.357. The summed E-state index contributed by atoms with van der Waals surface area (Å²) in [5.41, 5.74) is 6.76. The number of benzene rings is 1. The van der Waals surface area contributed by atoms with Crippen LogP contribution in [0.2, 0.25) is 0 Å². The highest BCUT2D eigenvalue weighted by Gasteiger charge is 2.27. The number of hydrogen-bond acceptors (Lipinski definition) is 5. The summed E-state index contributed by atoms with van der Waals surface area (Å²) in [5, 5.41) is 7.47. The lowest BCUT2D eigenvalue weighted by molar-refractivity contribution is 0.602. The van der Waals surface area contributed by atoms with Gasteiger partial charge in [0.15, 0.2) is 20.6 Å². The third kappa shape index (κ3) is 2.87. The fourth-order valence-electron chi connectivity index (χ4n) is 2.23. The summed E-state index contributed by atoms with van der Waals surface area (Å²) < 4.78 is 25.5. The normalized spacial score (nSPS) is 15.1. The Morgan fingerprint density at radius 3 is 2.57 bits per heavy atom. The number of anilines is 2. The Balaban J connectivity index is 2.05. The first kappa shape index (κ1) is 13.9. The second-order valence-electron chi connectivity index (χ2n) is 5.41. The topological polar surface area (TPSA) is 90.0 Å². The first-order valence-corrected chi connectivity index (χ1v) is 8.74. The number of aromatic nitrogens is 2. The van der Waals surface area contributed by atoms with Gasteiger partial charge in [-0.2, -0.15) is 0 Å². The van der Waals surface area contributed by atoms with Gasteiger partial charge in [-0.05, 0) is 30.9 Å². The van der Waals surface area contributed by atoms with Crippen molar-refractivity contribution in [2.24, 2.45) is 5.92 Å². The molecule has 3 rings (SSSR count). The van der Waals surface area contributed by atoms with Crippen molar-refractivity contribution in [3.8, 4) is 5.69 Å². The van der Waals surface area contributed by atoms with Crippen molar-refractivity contribution >= 4 is 21.5 Å². The zero-order valence-corrected chi connectivity index (χ0v) is 12.6. The molecule has 0 aliphatic heterocycles. The molecule has 1 saturated carbocycles. The van der Waals surface area contributed by atoms with Gasteiger partial charge in [-0.15, -0.1) is 5.10 Å². The maximum Gasteiger partial charge on any atom is 0.182 e. The van der Waals surface area contributed by atoms with Crippen molar-refractivity contribution in [3.63, 3.8) is 0 Å². The molecule has 0 unspecified atom stereocenters. The molecular weight excluding hydrogens is 288 g/mol. The minimum atomic E-state index is -3.45. The second-order valence-corrected chi connectivity index (χ2v) is 7.36. The molecule has 1 aliphatic carbocycles. The molecule has 112 valence electrons. The molecule has 1 aromatic heterocycles. The average Bonchev–Trinajstić information content (AvgIpc) is 3.19. The van der Waals surface area contributed by atoms with E-state index in [0.29, 0.717) is 11.7 Å². The Morgan fingerprint density at radius 2 is 2.00 bits per heavy atom. The number of para-hydroxylation sites is 1. The van der Waals surface area contributed by atoms with E-state index in [1.165, 1.54) is 17.5 Å². The molecule has 1 fully saturated rings. The second kappa shape index (κ2) is 5.07. The standard InChI is InChI=1S/C14H18N4O2S/c1-21(19,20)12-13(15)18(11-5-3-2-4-6-11)17-14(12)16-9-10-7-8-10/h2-6,10H,7-9,15H2,1H3,(H,16,17). The molecule has 3 N–H and O–H groups in total. The molecule has 6 nitrogen and oxygen atoms in total. The summed E-state index contributed by atoms with van der Waals surface area (Å²) in [6, 6.07) is 9.26. The molecule has 0 amide bonds. The van der Waals surface area contributed by atoms with Crippen molar-refractivity contribution < 1.29 is 8.42 Å². The maximum absolute atomic E-state index is 12.0. The number of nitrogens with two attached hydrogens (primary N) is 1. The van der Waals surface area contributed by atoms with Gasteiger partial charge in [-0.3, -0.25) is 0 Å². The van der Waals surface area contributed by atoms with E-state index in [4.69, 9.17) is 5.73 Å². The Bertz CT molecular complexity index is 749. The molecule has 1 heterocycles. The van der Waals surface area contributed by atoms with E-state index < -0.39 is 9.84 Å². The largest absolute Gasteiger partial charge is 0.382 e. The van der Waals surface area contributed by atoms with Crippen LogP contribution in [0.3, 0.4) is 0 Å². The van der Waals surface area contributed by atoms with Crippen LogP contribution >= 0.6 is 0 Å². The molecule has 0 radical (unpaired) electrons. The van der Waals surface area contributed by atoms with Crippen LogP contribution in [-0.2, 0) is 9.84 Å². The van der Waals surface area contributed by atoms with Gasteiger partial charge in [0.05, 0.1) is 5.69 Å². The van der Waals surface area contributed by atoms with Crippen molar-refractivity contribution in [2.45, 2.75) is 17.7 Å². The molecule has 1 aromatic carbocycles. The van der Waals surface area contributed by atoms with E-state index >= 15 is 0 Å². The lowest BCUT2D eigenvalue weighted by Gasteiger charge is -2.03. The minimum Gasteiger partial charge on any atom is -0.382 e. The first-order chi connectivity index (χ1) is 9.97. The van der Waals surface area contributed by atoms with Crippen molar-refractivity contribution in [3.05, 3.63) is 30.3 Å². The molecular formula is C14H18N4O2S.